The Kier molecular flexibility index (Phi) is 5.39. The minimum atomic E-state index is -0.519. The molecule has 148 valence electrons. The minimum Gasteiger partial charge on any atom is -0.497 e. The SMILES string of the molecule is COc1ccc([C@H](c2cccc(C#N)c2)N2C=CC(=O)NC2c2cccnn2)cc1. The summed E-state index contributed by atoms with van der Waals surface area (Å²) in [6.07, 6.45) is 4.31. The number of nitrogens with one attached hydrogen (secondary N) is 1. The van der Waals surface area contributed by atoms with Crippen LogP contribution in [0.1, 0.15) is 34.6 Å². The van der Waals surface area contributed by atoms with Crippen molar-refractivity contribution in [3.05, 3.63) is 102 Å². The van der Waals surface area contributed by atoms with Gasteiger partial charge in [-0.15, -0.1) is 0 Å². The molecule has 1 aromatic heterocycles. The van der Waals surface area contributed by atoms with Crippen molar-refractivity contribution in [2.24, 2.45) is 0 Å². The number of benzene rings is 2. The first kappa shape index (κ1) is 19.2. The van der Waals surface area contributed by atoms with Crippen molar-refractivity contribution in [2.75, 3.05) is 7.11 Å². The zero-order valence-electron chi connectivity index (χ0n) is 16.3. The maximum atomic E-state index is 12.1. The van der Waals surface area contributed by atoms with Crippen LogP contribution >= 0.6 is 0 Å². The van der Waals surface area contributed by atoms with Gasteiger partial charge in [-0.3, -0.25) is 4.79 Å². The molecule has 1 N–H and O–H groups in total. The van der Waals surface area contributed by atoms with Gasteiger partial charge in [0.2, 0.25) is 5.91 Å². The Morgan fingerprint density at radius 3 is 2.67 bits per heavy atom. The zero-order valence-corrected chi connectivity index (χ0v) is 16.3. The first-order valence-corrected chi connectivity index (χ1v) is 9.37. The van der Waals surface area contributed by atoms with Gasteiger partial charge in [-0.2, -0.15) is 15.5 Å². The number of nitriles is 1. The van der Waals surface area contributed by atoms with Gasteiger partial charge in [0.25, 0.3) is 0 Å². The van der Waals surface area contributed by atoms with Crippen LogP contribution in [0.15, 0.2) is 79.1 Å². The Morgan fingerprint density at radius 1 is 1.13 bits per heavy atom. The zero-order chi connectivity index (χ0) is 20.9. The molecule has 2 aromatic carbocycles. The molecule has 0 radical (unpaired) electrons. The van der Waals surface area contributed by atoms with E-state index in [-0.39, 0.29) is 11.9 Å². The van der Waals surface area contributed by atoms with Gasteiger partial charge in [-0.25, -0.2) is 0 Å². The molecule has 2 atom stereocenters. The summed E-state index contributed by atoms with van der Waals surface area (Å²) in [5.41, 5.74) is 3.06. The normalized spacial score (nSPS) is 16.5. The largest absolute Gasteiger partial charge is 0.497 e. The van der Waals surface area contributed by atoms with Gasteiger partial charge in [-0.1, -0.05) is 24.3 Å². The van der Waals surface area contributed by atoms with E-state index in [0.29, 0.717) is 11.3 Å². The highest BCUT2D eigenvalue weighted by atomic mass is 16.5. The molecular formula is C23H19N5O2. The summed E-state index contributed by atoms with van der Waals surface area (Å²) in [5, 5.41) is 20.5. The van der Waals surface area contributed by atoms with Gasteiger partial charge in [0, 0.05) is 18.5 Å². The maximum Gasteiger partial charge on any atom is 0.247 e. The predicted octanol–water partition coefficient (Wildman–Crippen LogP) is 3.09. The summed E-state index contributed by atoms with van der Waals surface area (Å²) in [7, 11) is 1.62. The Hall–Kier alpha value is -4.18. The first-order valence-electron chi connectivity index (χ1n) is 9.37. The Labute approximate surface area is 174 Å². The Balaban J connectivity index is 1.85. The lowest BCUT2D eigenvalue weighted by Crippen LogP contribution is -2.44. The third-order valence-corrected chi connectivity index (χ3v) is 4.91. The summed E-state index contributed by atoms with van der Waals surface area (Å²) < 4.78 is 5.30. The van der Waals surface area contributed by atoms with Crippen molar-refractivity contribution < 1.29 is 9.53 Å². The third-order valence-electron chi connectivity index (χ3n) is 4.91. The lowest BCUT2D eigenvalue weighted by Gasteiger charge is -2.39. The lowest BCUT2D eigenvalue weighted by atomic mass is 9.94. The summed E-state index contributed by atoms with van der Waals surface area (Å²) in [6, 6.07) is 20.7. The van der Waals surface area contributed by atoms with E-state index < -0.39 is 6.17 Å². The summed E-state index contributed by atoms with van der Waals surface area (Å²) in [6.45, 7) is 0. The quantitative estimate of drug-likeness (QED) is 0.711. The van der Waals surface area contributed by atoms with Crippen molar-refractivity contribution in [2.45, 2.75) is 12.2 Å². The molecule has 7 heteroatoms. The second kappa shape index (κ2) is 8.45. The number of carbonyl (C=O) groups is 1. The first-order chi connectivity index (χ1) is 14.7. The van der Waals surface area contributed by atoms with Gasteiger partial charge >= 0.3 is 0 Å². The number of nitrogens with zero attached hydrogens (tertiary/aromatic N) is 4. The van der Waals surface area contributed by atoms with Crippen LogP contribution in [0.3, 0.4) is 0 Å². The predicted molar refractivity (Wildman–Crippen MR) is 110 cm³/mol. The fourth-order valence-electron chi connectivity index (χ4n) is 3.52. The number of amides is 1. The summed E-state index contributed by atoms with van der Waals surface area (Å²) in [5.74, 6) is 0.539. The summed E-state index contributed by atoms with van der Waals surface area (Å²) >= 11 is 0. The third kappa shape index (κ3) is 3.84. The molecule has 1 amide bonds. The lowest BCUT2D eigenvalue weighted by molar-refractivity contribution is -0.119. The molecule has 1 aliphatic rings. The van der Waals surface area contributed by atoms with Gasteiger partial charge in [0.1, 0.15) is 17.6 Å². The molecule has 4 rings (SSSR count). The van der Waals surface area contributed by atoms with Crippen molar-refractivity contribution >= 4 is 5.91 Å². The number of rotatable bonds is 5. The smallest absolute Gasteiger partial charge is 0.247 e. The van der Waals surface area contributed by atoms with Crippen LogP contribution in [0.2, 0.25) is 0 Å². The van der Waals surface area contributed by atoms with E-state index in [1.807, 2.05) is 53.4 Å². The average Bonchev–Trinajstić information content (AvgIpc) is 2.81. The van der Waals surface area contributed by atoms with E-state index in [4.69, 9.17) is 4.74 Å². The van der Waals surface area contributed by atoms with Crippen molar-refractivity contribution in [3.63, 3.8) is 0 Å². The number of carbonyl (C=O) groups excluding carboxylic acids is 1. The molecule has 30 heavy (non-hydrogen) atoms. The Morgan fingerprint density at radius 2 is 1.97 bits per heavy atom. The molecular weight excluding hydrogens is 378 g/mol. The van der Waals surface area contributed by atoms with Crippen molar-refractivity contribution in [1.82, 2.24) is 20.4 Å². The van der Waals surface area contributed by atoms with E-state index >= 15 is 0 Å². The average molecular weight is 397 g/mol. The van der Waals surface area contributed by atoms with Crippen LogP contribution in [0.4, 0.5) is 0 Å². The van der Waals surface area contributed by atoms with E-state index in [0.717, 1.165) is 16.9 Å². The summed E-state index contributed by atoms with van der Waals surface area (Å²) in [4.78, 5) is 14.1. The fraction of sp³-hybridized carbons (Fsp3) is 0.130. The van der Waals surface area contributed by atoms with Crippen molar-refractivity contribution in [3.8, 4) is 11.8 Å². The number of ether oxygens (including phenoxy) is 1. The standard InChI is InChI=1S/C23H19N5O2/c1-30-19-9-7-17(8-10-19)22(18-5-2-4-16(14-18)15-24)28-13-11-21(29)26-23(28)20-6-3-12-25-27-20/h2-14,22-23H,1H3,(H,26,29)/t22-,23?/m1/s1. The second-order valence-electron chi connectivity index (χ2n) is 6.74. The molecule has 7 nitrogen and oxygen atoms in total. The monoisotopic (exact) mass is 397 g/mol. The van der Waals surface area contributed by atoms with Crippen LogP contribution in [0.5, 0.6) is 5.75 Å². The highest BCUT2D eigenvalue weighted by Gasteiger charge is 2.32. The van der Waals surface area contributed by atoms with Crippen LogP contribution < -0.4 is 10.1 Å². The van der Waals surface area contributed by atoms with Crippen molar-refractivity contribution in [1.29, 1.82) is 5.26 Å². The van der Waals surface area contributed by atoms with Gasteiger partial charge in [0.15, 0.2) is 0 Å². The molecule has 1 aliphatic heterocycles. The molecule has 3 aromatic rings. The van der Waals surface area contributed by atoms with Crippen LogP contribution in [-0.2, 0) is 4.79 Å². The highest BCUT2D eigenvalue weighted by Crippen LogP contribution is 2.36. The molecule has 0 saturated carbocycles. The number of hydrogen-bond acceptors (Lipinski definition) is 6. The van der Waals surface area contributed by atoms with E-state index in [1.165, 1.54) is 6.08 Å². The van der Waals surface area contributed by atoms with Gasteiger partial charge < -0.3 is 15.0 Å². The van der Waals surface area contributed by atoms with E-state index in [9.17, 15) is 10.1 Å². The molecule has 2 heterocycles. The molecule has 0 aliphatic carbocycles. The van der Waals surface area contributed by atoms with E-state index in [1.54, 1.807) is 31.6 Å². The molecule has 0 saturated heterocycles. The molecule has 1 unspecified atom stereocenters. The maximum absolute atomic E-state index is 12.1. The van der Waals surface area contributed by atoms with Gasteiger partial charge in [-0.05, 0) is 47.5 Å². The minimum absolute atomic E-state index is 0.207. The highest BCUT2D eigenvalue weighted by molar-refractivity contribution is 5.88. The topological polar surface area (TPSA) is 91.1 Å². The van der Waals surface area contributed by atoms with E-state index in [2.05, 4.69) is 21.6 Å². The number of methoxy groups -OCH3 is 1. The van der Waals surface area contributed by atoms with Crippen LogP contribution in [0, 0.1) is 11.3 Å². The second-order valence-corrected chi connectivity index (χ2v) is 6.74. The molecule has 0 bridgehead atoms. The van der Waals surface area contributed by atoms with Gasteiger partial charge in [0.05, 0.1) is 24.8 Å². The number of hydrogen-bond donors (Lipinski definition) is 1. The fourth-order valence-corrected chi connectivity index (χ4v) is 3.52. The molecule has 0 fully saturated rings. The molecule has 0 spiro atoms. The van der Waals surface area contributed by atoms with Crippen LogP contribution in [-0.4, -0.2) is 28.1 Å². The number of aromatic nitrogens is 2. The van der Waals surface area contributed by atoms with Crippen LogP contribution in [0.25, 0.3) is 0 Å². The Bertz CT molecular complexity index is 1110.